The molecule has 0 spiro atoms. The standard InChI is InChI=1S/C6H7.3HI.Zr/c1-6-4-2-3-5-6;;;;/h2,4H,3H2,1H3;3*1H;/q;;;;+3/p-3. The summed E-state index contributed by atoms with van der Waals surface area (Å²) >= 11 is 1.58. The van der Waals surface area contributed by atoms with Gasteiger partial charge < -0.3 is 71.9 Å². The smallest absolute Gasteiger partial charge is 1.00 e. The molecule has 10 heavy (non-hydrogen) atoms. The van der Waals surface area contributed by atoms with Crippen molar-refractivity contribution < 1.29 is 96.6 Å². The molecule has 1 aliphatic rings. The molecule has 0 aromatic heterocycles. The van der Waals surface area contributed by atoms with E-state index in [-0.39, 0.29) is 71.9 Å². The zero-order valence-corrected chi connectivity index (χ0v) is 14.4. The Morgan fingerprint density at radius 2 is 1.80 bits per heavy atom. The van der Waals surface area contributed by atoms with Gasteiger partial charge in [0, 0.05) is 0 Å². The first-order chi connectivity index (χ1) is 3.30. The number of rotatable bonds is 0. The molecule has 0 saturated heterocycles. The number of allylic oxidation sites excluding steroid dienone is 4. The molecule has 0 unspecified atom stereocenters. The zero-order chi connectivity index (χ0) is 5.28. The van der Waals surface area contributed by atoms with Crippen LogP contribution in [0.1, 0.15) is 13.3 Å². The summed E-state index contributed by atoms with van der Waals surface area (Å²) in [5, 5.41) is 0. The predicted octanol–water partition coefficient (Wildman–Crippen LogP) is -7.22. The van der Waals surface area contributed by atoms with Crippen LogP contribution in [-0.4, -0.2) is 0 Å². The zero-order valence-electron chi connectivity index (χ0n) is 5.50. The van der Waals surface area contributed by atoms with Gasteiger partial charge in [-0.15, -0.1) is 0 Å². The van der Waals surface area contributed by atoms with E-state index in [1.54, 1.807) is 28.0 Å². The summed E-state index contributed by atoms with van der Waals surface area (Å²) in [6.07, 6.45) is 5.63. The molecule has 0 radical (unpaired) electrons. The molecular weight excluding hydrogens is 544 g/mol. The largest absolute Gasteiger partial charge is 1.00 e. The van der Waals surface area contributed by atoms with Gasteiger partial charge in [0.25, 0.3) is 0 Å². The van der Waals surface area contributed by atoms with E-state index in [0.717, 1.165) is 0 Å². The molecule has 0 aromatic rings. The minimum atomic E-state index is 0. The van der Waals surface area contributed by atoms with Crippen LogP contribution in [0.4, 0.5) is 0 Å². The maximum atomic E-state index is 2.22. The second kappa shape index (κ2) is 9.64. The Hall–Kier alpha value is 2.55. The van der Waals surface area contributed by atoms with Crippen LogP contribution >= 0.6 is 0 Å². The molecule has 4 heteroatoms. The van der Waals surface area contributed by atoms with Crippen molar-refractivity contribution >= 4 is 0 Å². The summed E-state index contributed by atoms with van der Waals surface area (Å²) in [5.41, 5.74) is 1.48. The first-order valence-electron chi connectivity index (χ1n) is 2.38. The van der Waals surface area contributed by atoms with Gasteiger partial charge in [0.2, 0.25) is 0 Å². The molecule has 0 atom stereocenters. The van der Waals surface area contributed by atoms with Gasteiger partial charge in [0.1, 0.15) is 0 Å². The Balaban J connectivity index is -0.000000163. The molecule has 1 rings (SSSR count). The third-order valence-electron chi connectivity index (χ3n) is 1.17. The van der Waals surface area contributed by atoms with Gasteiger partial charge in [0.05, 0.1) is 0 Å². The summed E-state index contributed by atoms with van der Waals surface area (Å²) < 4.78 is 1.60. The first-order valence-corrected chi connectivity index (χ1v) is 3.61. The average Bonchev–Trinajstić information content (AvgIpc) is 1.91. The van der Waals surface area contributed by atoms with E-state index in [2.05, 4.69) is 19.1 Å². The summed E-state index contributed by atoms with van der Waals surface area (Å²) in [7, 11) is 0. The minimum Gasteiger partial charge on any atom is -1.00 e. The maximum Gasteiger partial charge on any atom is -1.00 e. The second-order valence-electron chi connectivity index (χ2n) is 1.77. The van der Waals surface area contributed by atoms with Crippen molar-refractivity contribution in [2.75, 3.05) is 0 Å². The van der Waals surface area contributed by atoms with Crippen LogP contribution < -0.4 is 71.9 Å². The van der Waals surface area contributed by atoms with Gasteiger partial charge in [0.15, 0.2) is 0 Å². The minimum absolute atomic E-state index is 0. The molecule has 0 amide bonds. The van der Waals surface area contributed by atoms with Gasteiger partial charge >= 0.3 is 59.1 Å². The van der Waals surface area contributed by atoms with E-state index in [9.17, 15) is 0 Å². The molecule has 0 fully saturated rings. The number of halogens is 3. The molecule has 0 nitrogen and oxygen atoms in total. The van der Waals surface area contributed by atoms with Gasteiger partial charge in [-0.2, -0.15) is 0 Å². The second-order valence-corrected chi connectivity index (χ2v) is 3.25. The molecular formula is C6H7I3Zr. The summed E-state index contributed by atoms with van der Waals surface area (Å²) in [6, 6.07) is 0. The predicted molar refractivity (Wildman–Crippen MR) is 26.5 cm³/mol. The normalized spacial score (nSPS) is 13.5. The van der Waals surface area contributed by atoms with Crippen molar-refractivity contribution in [2.45, 2.75) is 13.3 Å². The van der Waals surface area contributed by atoms with Crippen LogP contribution in [0.15, 0.2) is 21.0 Å². The molecule has 0 N–H and O–H groups in total. The quantitative estimate of drug-likeness (QED) is 0.263. The number of hydrogen-bond donors (Lipinski definition) is 0. The van der Waals surface area contributed by atoms with Gasteiger partial charge in [-0.05, 0) is 0 Å². The first kappa shape index (κ1) is 18.4. The van der Waals surface area contributed by atoms with E-state index in [4.69, 9.17) is 0 Å². The molecule has 0 aliphatic heterocycles. The van der Waals surface area contributed by atoms with Crippen molar-refractivity contribution in [3.63, 3.8) is 0 Å². The van der Waals surface area contributed by atoms with Crippen LogP contribution in [-0.2, 0) is 24.7 Å². The van der Waals surface area contributed by atoms with E-state index in [1.165, 1.54) is 12.0 Å². The van der Waals surface area contributed by atoms with Crippen molar-refractivity contribution in [2.24, 2.45) is 0 Å². The Morgan fingerprint density at radius 3 is 1.90 bits per heavy atom. The Morgan fingerprint density at radius 1 is 1.30 bits per heavy atom. The molecule has 1 aliphatic carbocycles. The Kier molecular flexibility index (Phi) is 17.7. The fourth-order valence-corrected chi connectivity index (χ4v) is 1.11. The van der Waals surface area contributed by atoms with E-state index < -0.39 is 0 Å². The molecule has 0 aromatic carbocycles. The third-order valence-corrected chi connectivity index (χ3v) is 2.64. The fourth-order valence-electron chi connectivity index (χ4n) is 0.615. The van der Waals surface area contributed by atoms with E-state index in [0.29, 0.717) is 0 Å². The summed E-state index contributed by atoms with van der Waals surface area (Å²) in [4.78, 5) is 0. The fraction of sp³-hybridized carbons (Fsp3) is 0.333. The third kappa shape index (κ3) is 6.11. The van der Waals surface area contributed by atoms with E-state index >= 15 is 0 Å². The van der Waals surface area contributed by atoms with Gasteiger partial charge in [-0.25, -0.2) is 0 Å². The van der Waals surface area contributed by atoms with Crippen molar-refractivity contribution in [1.82, 2.24) is 0 Å². The van der Waals surface area contributed by atoms with Gasteiger partial charge in [-0.1, -0.05) is 0 Å². The molecule has 56 valence electrons. The topological polar surface area (TPSA) is 0 Å². The van der Waals surface area contributed by atoms with Crippen molar-refractivity contribution in [3.8, 4) is 0 Å². The maximum absolute atomic E-state index is 2.22. The van der Waals surface area contributed by atoms with Crippen LogP contribution in [0.25, 0.3) is 0 Å². The summed E-state index contributed by atoms with van der Waals surface area (Å²) in [6.45, 7) is 2.17. The van der Waals surface area contributed by atoms with Crippen LogP contribution in [0.2, 0.25) is 0 Å². The summed E-state index contributed by atoms with van der Waals surface area (Å²) in [5.74, 6) is 0. The Labute approximate surface area is 129 Å². The molecule has 0 saturated carbocycles. The molecule has 0 bridgehead atoms. The average molecular weight is 551 g/mol. The molecule has 0 heterocycles. The van der Waals surface area contributed by atoms with Crippen molar-refractivity contribution in [1.29, 1.82) is 0 Å². The van der Waals surface area contributed by atoms with Crippen molar-refractivity contribution in [3.05, 3.63) is 21.0 Å². The van der Waals surface area contributed by atoms with Crippen LogP contribution in [0.5, 0.6) is 0 Å². The number of hydrogen-bond acceptors (Lipinski definition) is 0. The Bertz CT molecular complexity index is 140. The van der Waals surface area contributed by atoms with E-state index in [1.807, 2.05) is 0 Å². The van der Waals surface area contributed by atoms with Crippen LogP contribution in [0, 0.1) is 0 Å². The monoisotopic (exact) mass is 550 g/mol. The van der Waals surface area contributed by atoms with Crippen LogP contribution in [0.3, 0.4) is 0 Å². The SMILES string of the molecule is CC1=[C]([Zr+3])CC=C1.[I-].[I-].[I-]. The van der Waals surface area contributed by atoms with Gasteiger partial charge in [-0.3, -0.25) is 0 Å².